The number of aryl methyl sites for hydroxylation is 2. The van der Waals surface area contributed by atoms with Crippen LogP contribution >= 0.6 is 0 Å². The Morgan fingerprint density at radius 2 is 1.77 bits per heavy atom. The highest BCUT2D eigenvalue weighted by molar-refractivity contribution is 6.04. The van der Waals surface area contributed by atoms with Crippen LogP contribution in [0.15, 0.2) is 60.7 Å². The summed E-state index contributed by atoms with van der Waals surface area (Å²) in [5.41, 5.74) is 2.88. The van der Waals surface area contributed by atoms with Crippen molar-refractivity contribution in [1.82, 2.24) is 4.98 Å². The number of nitrogens with one attached hydrogen (secondary N) is 1. The number of fused-ring (bicyclic) bond motifs is 1. The van der Waals surface area contributed by atoms with E-state index < -0.39 is 16.8 Å². The average molecular weight is 417 g/mol. The summed E-state index contributed by atoms with van der Waals surface area (Å²) in [6, 6.07) is 15.3. The summed E-state index contributed by atoms with van der Waals surface area (Å²) in [5.74, 6) is -0.702. The number of ether oxygens (including phenoxy) is 1. The monoisotopic (exact) mass is 417 g/mol. The fourth-order valence-corrected chi connectivity index (χ4v) is 3.43. The fraction of sp³-hybridized carbons (Fsp3) is 0.174. The first-order valence-corrected chi connectivity index (χ1v) is 9.86. The quantitative estimate of drug-likeness (QED) is 0.286. The van der Waals surface area contributed by atoms with Crippen LogP contribution in [0.25, 0.3) is 0 Å². The Hall–Kier alpha value is -4.07. The molecule has 8 nitrogen and oxygen atoms in total. The molecule has 8 heteroatoms. The maximum Gasteiger partial charge on any atom is 0.362 e. The van der Waals surface area contributed by atoms with Gasteiger partial charge < -0.3 is 10.1 Å². The normalized spacial score (nSPS) is 12.5. The zero-order valence-corrected chi connectivity index (χ0v) is 16.5. The van der Waals surface area contributed by atoms with Gasteiger partial charge in [-0.3, -0.25) is 14.9 Å². The Morgan fingerprint density at radius 3 is 2.55 bits per heavy atom. The number of hydrogen-bond donors (Lipinski definition) is 1. The maximum absolute atomic E-state index is 12.4. The van der Waals surface area contributed by atoms with Crippen LogP contribution in [-0.2, 0) is 12.8 Å². The molecule has 0 aliphatic heterocycles. The maximum atomic E-state index is 12.4. The highest BCUT2D eigenvalue weighted by Crippen LogP contribution is 2.22. The molecule has 0 atom stereocenters. The zero-order chi connectivity index (χ0) is 21.8. The number of benzene rings is 2. The third-order valence-corrected chi connectivity index (χ3v) is 5.03. The van der Waals surface area contributed by atoms with E-state index in [1.165, 1.54) is 29.8 Å². The van der Waals surface area contributed by atoms with E-state index in [0.717, 1.165) is 31.4 Å². The lowest BCUT2D eigenvalue weighted by Gasteiger charge is -2.15. The summed E-state index contributed by atoms with van der Waals surface area (Å²) >= 11 is 0. The Bertz CT molecular complexity index is 1160. The molecule has 1 aromatic heterocycles. The number of nitrogens with zero attached hydrogens (tertiary/aromatic N) is 2. The smallest absolute Gasteiger partial charge is 0.362 e. The minimum atomic E-state index is -0.558. The van der Waals surface area contributed by atoms with Gasteiger partial charge in [-0.05, 0) is 67.6 Å². The number of nitro benzene ring substituents is 1. The molecule has 0 saturated heterocycles. The number of pyridine rings is 1. The lowest BCUT2D eigenvalue weighted by molar-refractivity contribution is -0.384. The third-order valence-electron chi connectivity index (χ3n) is 5.03. The second kappa shape index (κ2) is 8.74. The molecule has 31 heavy (non-hydrogen) atoms. The van der Waals surface area contributed by atoms with E-state index in [1.807, 2.05) is 6.07 Å². The molecule has 0 spiro atoms. The van der Waals surface area contributed by atoms with Crippen LogP contribution in [0.5, 0.6) is 5.75 Å². The molecule has 1 N–H and O–H groups in total. The number of nitro groups is 1. The molecule has 0 radical (unpaired) electrons. The molecule has 1 aliphatic rings. The van der Waals surface area contributed by atoms with E-state index in [2.05, 4.69) is 10.3 Å². The molecule has 0 saturated carbocycles. The summed E-state index contributed by atoms with van der Waals surface area (Å²) in [4.78, 5) is 39.5. The zero-order valence-electron chi connectivity index (χ0n) is 16.5. The Morgan fingerprint density at radius 1 is 1.00 bits per heavy atom. The molecule has 0 unspecified atom stereocenters. The minimum absolute atomic E-state index is 0.161. The number of esters is 1. The first-order valence-electron chi connectivity index (χ1n) is 9.86. The van der Waals surface area contributed by atoms with Gasteiger partial charge in [0.25, 0.3) is 11.6 Å². The molecule has 4 rings (SSSR count). The first-order chi connectivity index (χ1) is 15.0. The number of anilines is 1. The van der Waals surface area contributed by atoms with E-state index in [1.54, 1.807) is 30.3 Å². The van der Waals surface area contributed by atoms with Gasteiger partial charge in [-0.25, -0.2) is 9.78 Å². The van der Waals surface area contributed by atoms with E-state index >= 15 is 0 Å². The molecule has 0 bridgehead atoms. The van der Waals surface area contributed by atoms with Gasteiger partial charge in [-0.2, -0.15) is 0 Å². The molecular formula is C23H19N3O5. The first kappa shape index (κ1) is 20.2. The van der Waals surface area contributed by atoms with Crippen molar-refractivity contribution < 1.29 is 19.2 Å². The van der Waals surface area contributed by atoms with Crippen molar-refractivity contribution in [2.75, 3.05) is 5.32 Å². The SMILES string of the molecule is O=C(Nc1ccc(OC(=O)c2ccc3c(n2)CCCC3)cc1)c1cccc([N+](=O)[O-])c1. The van der Waals surface area contributed by atoms with Crippen LogP contribution in [0.2, 0.25) is 0 Å². The van der Waals surface area contributed by atoms with Gasteiger partial charge in [0.15, 0.2) is 0 Å². The summed E-state index contributed by atoms with van der Waals surface area (Å²) in [6.07, 6.45) is 4.07. The lowest BCUT2D eigenvalue weighted by atomic mass is 9.96. The molecule has 1 heterocycles. The summed E-state index contributed by atoms with van der Waals surface area (Å²) in [5, 5.41) is 13.5. The molecule has 0 fully saturated rings. The fourth-order valence-electron chi connectivity index (χ4n) is 3.43. The third kappa shape index (κ3) is 4.75. The van der Waals surface area contributed by atoms with Crippen molar-refractivity contribution in [1.29, 1.82) is 0 Å². The predicted octanol–water partition coefficient (Wildman–Crippen LogP) is 4.34. The van der Waals surface area contributed by atoms with E-state index in [-0.39, 0.29) is 16.9 Å². The topological polar surface area (TPSA) is 111 Å². The number of aromatic nitrogens is 1. The predicted molar refractivity (Wildman–Crippen MR) is 113 cm³/mol. The Kier molecular flexibility index (Phi) is 5.70. The molecule has 3 aromatic rings. The summed E-state index contributed by atoms with van der Waals surface area (Å²) in [6.45, 7) is 0. The largest absolute Gasteiger partial charge is 0.422 e. The molecule has 1 aliphatic carbocycles. The van der Waals surface area contributed by atoms with Crippen molar-refractivity contribution in [2.24, 2.45) is 0 Å². The van der Waals surface area contributed by atoms with Crippen LogP contribution in [-0.4, -0.2) is 21.8 Å². The Balaban J connectivity index is 1.40. The number of amides is 1. The standard InChI is InChI=1S/C23H19N3O5/c27-22(16-5-3-6-18(14-16)26(29)30)24-17-9-11-19(12-10-17)31-23(28)21-13-8-15-4-1-2-7-20(15)25-21/h3,5-6,8-14H,1-2,4,7H2,(H,24,27). The number of rotatable bonds is 5. The van der Waals surface area contributed by atoms with Crippen molar-refractivity contribution in [3.8, 4) is 5.75 Å². The van der Waals surface area contributed by atoms with Gasteiger partial charge >= 0.3 is 5.97 Å². The van der Waals surface area contributed by atoms with Gasteiger partial charge in [-0.15, -0.1) is 0 Å². The van der Waals surface area contributed by atoms with Gasteiger partial charge in [0.05, 0.1) is 4.92 Å². The highest BCUT2D eigenvalue weighted by Gasteiger charge is 2.16. The Labute approximate surface area is 178 Å². The van der Waals surface area contributed by atoms with Crippen molar-refractivity contribution in [3.63, 3.8) is 0 Å². The van der Waals surface area contributed by atoms with Gasteiger partial charge in [-0.1, -0.05) is 12.1 Å². The van der Waals surface area contributed by atoms with Gasteiger partial charge in [0, 0.05) is 29.1 Å². The van der Waals surface area contributed by atoms with Crippen molar-refractivity contribution in [3.05, 3.63) is 93.3 Å². The number of non-ortho nitro benzene ring substituents is 1. The van der Waals surface area contributed by atoms with Crippen LogP contribution in [0.3, 0.4) is 0 Å². The highest BCUT2D eigenvalue weighted by atomic mass is 16.6. The van der Waals surface area contributed by atoms with Crippen LogP contribution < -0.4 is 10.1 Å². The van der Waals surface area contributed by atoms with Crippen LogP contribution in [0, 0.1) is 10.1 Å². The van der Waals surface area contributed by atoms with Crippen LogP contribution in [0.1, 0.15) is 44.9 Å². The molecule has 1 amide bonds. The lowest BCUT2D eigenvalue weighted by Crippen LogP contribution is -2.14. The van der Waals surface area contributed by atoms with Crippen LogP contribution in [0.4, 0.5) is 11.4 Å². The minimum Gasteiger partial charge on any atom is -0.422 e. The van der Waals surface area contributed by atoms with Crippen molar-refractivity contribution >= 4 is 23.3 Å². The second-order valence-corrected chi connectivity index (χ2v) is 7.18. The number of carbonyl (C=O) groups excluding carboxylic acids is 2. The number of carbonyl (C=O) groups is 2. The summed E-state index contributed by atoms with van der Waals surface area (Å²) < 4.78 is 5.39. The average Bonchev–Trinajstić information content (AvgIpc) is 2.80. The molecule has 2 aromatic carbocycles. The second-order valence-electron chi connectivity index (χ2n) is 7.18. The van der Waals surface area contributed by atoms with E-state index in [4.69, 9.17) is 4.74 Å². The van der Waals surface area contributed by atoms with Gasteiger partial charge in [0.2, 0.25) is 0 Å². The van der Waals surface area contributed by atoms with E-state index in [0.29, 0.717) is 11.4 Å². The van der Waals surface area contributed by atoms with Gasteiger partial charge in [0.1, 0.15) is 11.4 Å². The van der Waals surface area contributed by atoms with Crippen molar-refractivity contribution in [2.45, 2.75) is 25.7 Å². The molecular weight excluding hydrogens is 398 g/mol. The van der Waals surface area contributed by atoms with E-state index in [9.17, 15) is 19.7 Å². The summed E-state index contributed by atoms with van der Waals surface area (Å²) in [7, 11) is 0. The number of hydrogen-bond acceptors (Lipinski definition) is 6. The molecule has 156 valence electrons.